The molecule has 1 aromatic rings. The summed E-state index contributed by atoms with van der Waals surface area (Å²) in [7, 11) is 0. The van der Waals surface area contributed by atoms with Gasteiger partial charge in [0, 0.05) is 24.8 Å². The third-order valence-electron chi connectivity index (χ3n) is 2.83. The van der Waals surface area contributed by atoms with E-state index in [0.29, 0.717) is 5.56 Å². The number of carbonyl (C=O) groups excluding carboxylic acids is 3. The van der Waals surface area contributed by atoms with Crippen LogP contribution in [0.4, 0.5) is 0 Å². The third-order valence-corrected chi connectivity index (χ3v) is 2.83. The van der Waals surface area contributed by atoms with Crippen molar-refractivity contribution in [2.24, 2.45) is 16.9 Å². The quantitative estimate of drug-likeness (QED) is 0.255. The number of nitrogens with zero attached hydrogens (tertiary/aromatic N) is 1. The molecule has 0 heterocycles. The normalized spacial score (nSPS) is 12.0. The van der Waals surface area contributed by atoms with Gasteiger partial charge in [0.1, 0.15) is 0 Å². The summed E-state index contributed by atoms with van der Waals surface area (Å²) in [6.07, 6.45) is 3.60. The topological polar surface area (TPSA) is 98.8 Å². The second kappa shape index (κ2) is 8.63. The van der Waals surface area contributed by atoms with Gasteiger partial charge >= 0.3 is 5.97 Å². The number of ketones is 1. The molecular weight excluding hydrogens is 272 g/mol. The van der Waals surface area contributed by atoms with Crippen molar-refractivity contribution < 1.29 is 19.1 Å². The molecule has 0 saturated carbocycles. The van der Waals surface area contributed by atoms with E-state index in [4.69, 9.17) is 10.6 Å². The van der Waals surface area contributed by atoms with Crippen molar-refractivity contribution in [2.45, 2.75) is 19.8 Å². The number of hydrogen-bond acceptors (Lipinski definition) is 6. The predicted octanol–water partition coefficient (Wildman–Crippen LogP) is 1.23. The second-order valence-electron chi connectivity index (χ2n) is 4.47. The first kappa shape index (κ1) is 16.6. The molecule has 0 amide bonds. The maximum Gasteiger partial charge on any atom is 0.302 e. The van der Waals surface area contributed by atoms with Crippen molar-refractivity contribution in [1.29, 1.82) is 0 Å². The zero-order chi connectivity index (χ0) is 15.7. The molecule has 111 valence electrons. The van der Waals surface area contributed by atoms with Crippen LogP contribution >= 0.6 is 0 Å². The Hall–Kier alpha value is -2.50. The zero-order valence-corrected chi connectivity index (χ0v) is 11.7. The van der Waals surface area contributed by atoms with Crippen LogP contribution in [0.25, 0.3) is 0 Å². The van der Waals surface area contributed by atoms with Crippen LogP contribution < -0.4 is 5.84 Å². The summed E-state index contributed by atoms with van der Waals surface area (Å²) < 4.78 is 4.75. The van der Waals surface area contributed by atoms with Gasteiger partial charge in [0.05, 0.1) is 12.8 Å². The molecule has 0 fully saturated rings. The SMILES string of the molecule is CC(=O)OCCC([C]=O)CC(=O)c1ccc(C=NN)cc1. The van der Waals surface area contributed by atoms with Gasteiger partial charge in [-0.2, -0.15) is 5.10 Å². The lowest BCUT2D eigenvalue weighted by molar-refractivity contribution is -0.141. The van der Waals surface area contributed by atoms with Crippen LogP contribution in [0, 0.1) is 5.92 Å². The number of rotatable bonds is 8. The van der Waals surface area contributed by atoms with Crippen molar-refractivity contribution in [2.75, 3.05) is 6.61 Å². The first-order chi connectivity index (χ1) is 10.1. The van der Waals surface area contributed by atoms with Crippen LogP contribution in [-0.4, -0.2) is 30.9 Å². The van der Waals surface area contributed by atoms with E-state index in [-0.39, 0.29) is 25.2 Å². The van der Waals surface area contributed by atoms with E-state index < -0.39 is 11.9 Å². The van der Waals surface area contributed by atoms with Gasteiger partial charge in [0.25, 0.3) is 0 Å². The van der Waals surface area contributed by atoms with Crippen LogP contribution in [0.2, 0.25) is 0 Å². The van der Waals surface area contributed by atoms with Crippen LogP contribution in [0.15, 0.2) is 29.4 Å². The van der Waals surface area contributed by atoms with E-state index in [2.05, 4.69) is 5.10 Å². The lowest BCUT2D eigenvalue weighted by atomic mass is 9.96. The third kappa shape index (κ3) is 5.99. The fourth-order valence-corrected chi connectivity index (χ4v) is 1.73. The summed E-state index contributed by atoms with van der Waals surface area (Å²) in [5, 5.41) is 3.39. The monoisotopic (exact) mass is 289 g/mol. The fraction of sp³-hybridized carbons (Fsp3) is 0.333. The highest BCUT2D eigenvalue weighted by Gasteiger charge is 2.16. The molecule has 2 N–H and O–H groups in total. The van der Waals surface area contributed by atoms with Gasteiger partial charge < -0.3 is 10.6 Å². The van der Waals surface area contributed by atoms with Gasteiger partial charge in [-0.25, -0.2) is 0 Å². The van der Waals surface area contributed by atoms with Crippen molar-refractivity contribution in [1.82, 2.24) is 0 Å². The number of carbonyl (C=O) groups is 2. The molecule has 0 aliphatic rings. The Morgan fingerprint density at radius 2 is 2.05 bits per heavy atom. The molecule has 0 aromatic heterocycles. The number of esters is 1. The number of hydrogen-bond donors (Lipinski definition) is 1. The molecule has 0 spiro atoms. The van der Waals surface area contributed by atoms with Crippen LogP contribution in [0.5, 0.6) is 0 Å². The summed E-state index contributed by atoms with van der Waals surface area (Å²) in [5.41, 5.74) is 1.28. The summed E-state index contributed by atoms with van der Waals surface area (Å²) in [5.74, 6) is 3.87. The summed E-state index contributed by atoms with van der Waals surface area (Å²) in [6, 6.07) is 6.71. The summed E-state index contributed by atoms with van der Waals surface area (Å²) in [4.78, 5) is 33.5. The molecule has 1 aromatic carbocycles. The largest absolute Gasteiger partial charge is 0.466 e. The predicted molar refractivity (Wildman–Crippen MR) is 77.6 cm³/mol. The minimum atomic E-state index is -0.581. The van der Waals surface area contributed by atoms with Gasteiger partial charge in [0.15, 0.2) is 5.78 Å². The molecule has 6 heteroatoms. The molecule has 1 atom stereocenters. The molecule has 0 saturated heterocycles. The van der Waals surface area contributed by atoms with Crippen LogP contribution in [0.3, 0.4) is 0 Å². The van der Waals surface area contributed by atoms with E-state index in [1.807, 2.05) is 6.29 Å². The average Bonchev–Trinajstić information content (AvgIpc) is 2.46. The zero-order valence-electron chi connectivity index (χ0n) is 11.7. The molecule has 21 heavy (non-hydrogen) atoms. The standard InChI is InChI=1S/C15H17N2O4/c1-11(19)21-7-6-13(10-18)8-15(20)14-4-2-12(3-5-14)9-17-16/h2-5,9,13H,6-8,16H2,1H3. The molecule has 0 aliphatic carbocycles. The molecule has 1 radical (unpaired) electrons. The van der Waals surface area contributed by atoms with Crippen LogP contribution in [-0.2, 0) is 14.3 Å². The Morgan fingerprint density at radius 3 is 2.57 bits per heavy atom. The fourth-order valence-electron chi connectivity index (χ4n) is 1.73. The van der Waals surface area contributed by atoms with E-state index in [1.54, 1.807) is 24.3 Å². The van der Waals surface area contributed by atoms with Gasteiger partial charge in [-0.1, -0.05) is 24.3 Å². The molecule has 0 aliphatic heterocycles. The van der Waals surface area contributed by atoms with Crippen LogP contribution in [0.1, 0.15) is 35.7 Å². The van der Waals surface area contributed by atoms with E-state index in [0.717, 1.165) is 5.56 Å². The number of benzene rings is 1. The highest BCUT2D eigenvalue weighted by atomic mass is 16.5. The van der Waals surface area contributed by atoms with Crippen molar-refractivity contribution in [3.05, 3.63) is 35.4 Å². The van der Waals surface area contributed by atoms with Gasteiger partial charge in [-0.05, 0) is 12.0 Å². The highest BCUT2D eigenvalue weighted by molar-refractivity contribution is 5.97. The first-order valence-electron chi connectivity index (χ1n) is 6.44. The summed E-state index contributed by atoms with van der Waals surface area (Å²) >= 11 is 0. The Bertz CT molecular complexity index is 523. The Kier molecular flexibility index (Phi) is 6.80. The van der Waals surface area contributed by atoms with E-state index in [1.165, 1.54) is 13.1 Å². The maximum absolute atomic E-state index is 12.0. The average molecular weight is 289 g/mol. The number of nitrogens with two attached hydrogens (primary N) is 1. The number of ether oxygens (including phenoxy) is 1. The lowest BCUT2D eigenvalue weighted by Gasteiger charge is -2.09. The van der Waals surface area contributed by atoms with E-state index in [9.17, 15) is 14.4 Å². The first-order valence-corrected chi connectivity index (χ1v) is 6.44. The molecule has 6 nitrogen and oxygen atoms in total. The molecular formula is C15H17N2O4. The molecule has 1 rings (SSSR count). The van der Waals surface area contributed by atoms with Crippen molar-refractivity contribution in [3.63, 3.8) is 0 Å². The highest BCUT2D eigenvalue weighted by Crippen LogP contribution is 2.13. The Labute approximate surface area is 123 Å². The Balaban J connectivity index is 2.57. The molecule has 0 bridgehead atoms. The Morgan fingerprint density at radius 1 is 1.38 bits per heavy atom. The van der Waals surface area contributed by atoms with E-state index >= 15 is 0 Å². The van der Waals surface area contributed by atoms with Gasteiger partial charge in [0.2, 0.25) is 6.29 Å². The van der Waals surface area contributed by atoms with Gasteiger partial charge in [-0.3, -0.25) is 14.4 Å². The maximum atomic E-state index is 12.0. The smallest absolute Gasteiger partial charge is 0.302 e. The van der Waals surface area contributed by atoms with Gasteiger partial charge in [-0.15, -0.1) is 0 Å². The van der Waals surface area contributed by atoms with Crippen molar-refractivity contribution >= 4 is 24.3 Å². The minimum Gasteiger partial charge on any atom is -0.466 e. The second-order valence-corrected chi connectivity index (χ2v) is 4.47. The minimum absolute atomic E-state index is 0.0368. The lowest BCUT2D eigenvalue weighted by Crippen LogP contribution is -2.13. The number of hydrazone groups is 1. The summed E-state index contributed by atoms with van der Waals surface area (Å²) in [6.45, 7) is 1.39. The number of Topliss-reactive ketones (excluding diaryl/α,β-unsaturated/α-hetero) is 1. The van der Waals surface area contributed by atoms with Crippen molar-refractivity contribution in [3.8, 4) is 0 Å². The molecule has 1 unspecified atom stereocenters.